The van der Waals surface area contributed by atoms with E-state index in [4.69, 9.17) is 4.98 Å². The molecule has 0 spiro atoms. The molecular formula is C24H24N4O. The fourth-order valence-electron chi connectivity index (χ4n) is 3.59. The lowest BCUT2D eigenvalue weighted by molar-refractivity contribution is 0.0937. The molecule has 0 aliphatic heterocycles. The number of aromatic nitrogens is 3. The first kappa shape index (κ1) is 18.9. The molecule has 0 aliphatic rings. The van der Waals surface area contributed by atoms with Crippen LogP contribution in [0.25, 0.3) is 22.2 Å². The maximum atomic E-state index is 13.3. The lowest BCUT2D eigenvalue weighted by Crippen LogP contribution is -2.28. The molecular weight excluding hydrogens is 360 g/mol. The molecule has 0 saturated heterocycles. The second-order valence-corrected chi connectivity index (χ2v) is 7.18. The summed E-state index contributed by atoms with van der Waals surface area (Å²) >= 11 is 0. The van der Waals surface area contributed by atoms with Crippen LogP contribution in [-0.4, -0.2) is 20.7 Å². The van der Waals surface area contributed by atoms with Crippen LogP contribution in [0.15, 0.2) is 66.9 Å². The Morgan fingerprint density at radius 3 is 2.52 bits per heavy atom. The van der Waals surface area contributed by atoms with Crippen LogP contribution >= 0.6 is 0 Å². The van der Waals surface area contributed by atoms with Gasteiger partial charge in [0.1, 0.15) is 0 Å². The number of rotatable bonds is 5. The molecule has 0 radical (unpaired) electrons. The zero-order chi connectivity index (χ0) is 20.4. The number of para-hydroxylation sites is 1. The van der Waals surface area contributed by atoms with Crippen molar-refractivity contribution in [2.75, 3.05) is 0 Å². The molecule has 1 unspecified atom stereocenters. The Labute approximate surface area is 170 Å². The second-order valence-electron chi connectivity index (χ2n) is 7.18. The average Bonchev–Trinajstić information content (AvgIpc) is 3.10. The van der Waals surface area contributed by atoms with E-state index in [0.29, 0.717) is 5.56 Å². The number of hydrogen-bond acceptors (Lipinski definition) is 3. The summed E-state index contributed by atoms with van der Waals surface area (Å²) in [4.78, 5) is 18.1. The summed E-state index contributed by atoms with van der Waals surface area (Å²) in [7, 11) is 1.90. The van der Waals surface area contributed by atoms with E-state index < -0.39 is 0 Å². The van der Waals surface area contributed by atoms with E-state index in [2.05, 4.69) is 17.3 Å². The molecule has 146 valence electrons. The molecule has 0 aliphatic carbocycles. The topological polar surface area (TPSA) is 59.8 Å². The SMILES string of the molecule is CCC(NC(=O)c1cc(-c2cnn(C)c2C)nc2ccccc12)c1ccccc1. The number of pyridine rings is 1. The number of amides is 1. The molecule has 0 saturated carbocycles. The van der Waals surface area contributed by atoms with Crippen LogP contribution < -0.4 is 5.32 Å². The molecule has 2 aromatic carbocycles. The minimum absolute atomic E-state index is 0.0424. The Bertz CT molecular complexity index is 1160. The van der Waals surface area contributed by atoms with Gasteiger partial charge in [-0.25, -0.2) is 4.98 Å². The molecule has 2 heterocycles. The summed E-state index contributed by atoms with van der Waals surface area (Å²) in [6.45, 7) is 4.08. The van der Waals surface area contributed by atoms with E-state index in [0.717, 1.165) is 39.8 Å². The molecule has 4 aromatic rings. The van der Waals surface area contributed by atoms with Gasteiger partial charge in [-0.1, -0.05) is 55.5 Å². The number of fused-ring (bicyclic) bond motifs is 1. The van der Waals surface area contributed by atoms with Gasteiger partial charge in [0, 0.05) is 23.7 Å². The van der Waals surface area contributed by atoms with Crippen LogP contribution in [0.4, 0.5) is 0 Å². The van der Waals surface area contributed by atoms with E-state index in [1.54, 1.807) is 6.20 Å². The third kappa shape index (κ3) is 3.63. The molecule has 0 bridgehead atoms. The van der Waals surface area contributed by atoms with Crippen molar-refractivity contribution >= 4 is 16.8 Å². The van der Waals surface area contributed by atoms with Gasteiger partial charge in [0.15, 0.2) is 0 Å². The normalized spacial score (nSPS) is 12.1. The summed E-state index contributed by atoms with van der Waals surface area (Å²) in [5.41, 5.74) is 5.23. The molecule has 1 amide bonds. The van der Waals surface area contributed by atoms with E-state index in [-0.39, 0.29) is 11.9 Å². The van der Waals surface area contributed by atoms with E-state index >= 15 is 0 Å². The van der Waals surface area contributed by atoms with Crippen molar-refractivity contribution in [2.24, 2.45) is 7.05 Å². The van der Waals surface area contributed by atoms with Crippen molar-refractivity contribution in [3.63, 3.8) is 0 Å². The number of nitrogens with one attached hydrogen (secondary N) is 1. The Balaban J connectivity index is 1.77. The van der Waals surface area contributed by atoms with Crippen LogP contribution in [0.2, 0.25) is 0 Å². The van der Waals surface area contributed by atoms with Crippen molar-refractivity contribution < 1.29 is 4.79 Å². The monoisotopic (exact) mass is 384 g/mol. The number of aryl methyl sites for hydroxylation is 1. The fourth-order valence-corrected chi connectivity index (χ4v) is 3.59. The highest BCUT2D eigenvalue weighted by Crippen LogP contribution is 2.27. The molecule has 0 fully saturated rings. The van der Waals surface area contributed by atoms with E-state index in [1.807, 2.05) is 79.3 Å². The predicted molar refractivity (Wildman–Crippen MR) is 116 cm³/mol. The lowest BCUT2D eigenvalue weighted by atomic mass is 10.0. The highest BCUT2D eigenvalue weighted by atomic mass is 16.1. The molecule has 29 heavy (non-hydrogen) atoms. The number of hydrogen-bond donors (Lipinski definition) is 1. The molecule has 1 N–H and O–H groups in total. The Hall–Kier alpha value is -3.47. The first-order valence-electron chi connectivity index (χ1n) is 9.83. The summed E-state index contributed by atoms with van der Waals surface area (Å²) in [6, 6.07) is 19.7. The van der Waals surface area contributed by atoms with Crippen LogP contribution in [0, 0.1) is 6.92 Å². The first-order valence-corrected chi connectivity index (χ1v) is 9.83. The molecule has 4 rings (SSSR count). The quantitative estimate of drug-likeness (QED) is 0.536. The van der Waals surface area contributed by atoms with Crippen molar-refractivity contribution in [3.8, 4) is 11.3 Å². The van der Waals surface area contributed by atoms with Gasteiger partial charge in [-0.2, -0.15) is 5.10 Å². The maximum absolute atomic E-state index is 13.3. The van der Waals surface area contributed by atoms with Crippen LogP contribution in [-0.2, 0) is 7.05 Å². The fraction of sp³-hybridized carbons (Fsp3) is 0.208. The number of carbonyl (C=O) groups excluding carboxylic acids is 1. The smallest absolute Gasteiger partial charge is 0.252 e. The zero-order valence-electron chi connectivity index (χ0n) is 16.9. The highest BCUT2D eigenvalue weighted by Gasteiger charge is 2.19. The van der Waals surface area contributed by atoms with Gasteiger partial charge in [0.25, 0.3) is 5.91 Å². The predicted octanol–water partition coefficient (Wildman–Crippen LogP) is 4.82. The zero-order valence-corrected chi connectivity index (χ0v) is 16.9. The largest absolute Gasteiger partial charge is 0.345 e. The van der Waals surface area contributed by atoms with Crippen LogP contribution in [0.1, 0.15) is 41.0 Å². The second kappa shape index (κ2) is 7.87. The van der Waals surface area contributed by atoms with Crippen molar-refractivity contribution in [1.29, 1.82) is 0 Å². The minimum atomic E-state index is -0.0953. The molecule has 5 heteroatoms. The van der Waals surface area contributed by atoms with Crippen molar-refractivity contribution in [1.82, 2.24) is 20.1 Å². The van der Waals surface area contributed by atoms with Crippen molar-refractivity contribution in [3.05, 3.63) is 83.7 Å². The highest BCUT2D eigenvalue weighted by molar-refractivity contribution is 6.07. The number of benzene rings is 2. The summed E-state index contributed by atoms with van der Waals surface area (Å²) in [6.07, 6.45) is 2.61. The standard InChI is InChI=1S/C24H24N4O/c1-4-21(17-10-6-5-7-11-17)27-24(29)19-14-23(20-15-25-28(3)16(20)2)26-22-13-9-8-12-18(19)22/h5-15,21H,4H2,1-3H3,(H,27,29). The number of carbonyl (C=O) groups is 1. The van der Waals surface area contributed by atoms with Gasteiger partial charge < -0.3 is 5.32 Å². The van der Waals surface area contributed by atoms with Gasteiger partial charge in [-0.15, -0.1) is 0 Å². The average molecular weight is 384 g/mol. The van der Waals surface area contributed by atoms with Crippen molar-refractivity contribution in [2.45, 2.75) is 26.3 Å². The van der Waals surface area contributed by atoms with Gasteiger partial charge >= 0.3 is 0 Å². The Morgan fingerprint density at radius 1 is 1.10 bits per heavy atom. The Kier molecular flexibility index (Phi) is 5.12. The third-order valence-electron chi connectivity index (χ3n) is 5.39. The number of nitrogens with zero attached hydrogens (tertiary/aromatic N) is 3. The van der Waals surface area contributed by atoms with Crippen LogP contribution in [0.3, 0.4) is 0 Å². The van der Waals surface area contributed by atoms with Gasteiger partial charge in [0.05, 0.1) is 29.0 Å². The Morgan fingerprint density at radius 2 is 1.83 bits per heavy atom. The summed E-state index contributed by atoms with van der Waals surface area (Å²) < 4.78 is 1.81. The lowest BCUT2D eigenvalue weighted by Gasteiger charge is -2.18. The summed E-state index contributed by atoms with van der Waals surface area (Å²) in [5, 5.41) is 8.37. The van der Waals surface area contributed by atoms with Gasteiger partial charge in [0.2, 0.25) is 0 Å². The third-order valence-corrected chi connectivity index (χ3v) is 5.39. The minimum Gasteiger partial charge on any atom is -0.345 e. The first-order chi connectivity index (χ1) is 14.1. The molecule has 2 aromatic heterocycles. The van der Waals surface area contributed by atoms with E-state index in [9.17, 15) is 4.79 Å². The van der Waals surface area contributed by atoms with Crippen LogP contribution in [0.5, 0.6) is 0 Å². The maximum Gasteiger partial charge on any atom is 0.252 e. The molecule has 5 nitrogen and oxygen atoms in total. The van der Waals surface area contributed by atoms with Gasteiger partial charge in [-0.05, 0) is 31.0 Å². The van der Waals surface area contributed by atoms with E-state index in [1.165, 1.54) is 0 Å². The summed E-state index contributed by atoms with van der Waals surface area (Å²) in [5.74, 6) is -0.0953. The van der Waals surface area contributed by atoms with Gasteiger partial charge in [-0.3, -0.25) is 9.48 Å². The molecule has 1 atom stereocenters.